The summed E-state index contributed by atoms with van der Waals surface area (Å²) in [4.78, 5) is 0. The summed E-state index contributed by atoms with van der Waals surface area (Å²) in [6.45, 7) is 0. The second kappa shape index (κ2) is 9.48. The minimum Gasteiger partial charge on any atom is -0.525 e. The smallest absolute Gasteiger partial charge is 0.525 e. The molecule has 0 saturated carbocycles. The number of rotatable bonds is 2. The predicted molar refractivity (Wildman–Crippen MR) is 154 cm³/mol. The first kappa shape index (κ1) is 24.0. The molecule has 2 heterocycles. The third-order valence-electron chi connectivity index (χ3n) is 6.90. The number of aryl methyl sites for hydroxylation is 1. The molecule has 0 aliphatic rings. The van der Waals surface area contributed by atoms with Crippen LogP contribution in [-0.2, 0) is 7.05 Å². The van der Waals surface area contributed by atoms with E-state index in [1.807, 2.05) is 11.3 Å². The molecule has 0 saturated heterocycles. The van der Waals surface area contributed by atoms with Gasteiger partial charge in [0.25, 0.3) is 0 Å². The van der Waals surface area contributed by atoms with E-state index < -0.39 is 0 Å². The van der Waals surface area contributed by atoms with E-state index in [1.54, 1.807) is 0 Å². The quantitative estimate of drug-likeness (QED) is 0.174. The molecular weight excluding hydrogens is 582 g/mol. The Kier molecular flexibility index (Phi) is 6.49. The van der Waals surface area contributed by atoms with Crippen LogP contribution in [0.5, 0.6) is 0 Å². The van der Waals surface area contributed by atoms with Gasteiger partial charge in [0.1, 0.15) is 0 Å². The third kappa shape index (κ3) is 3.98. The summed E-state index contributed by atoms with van der Waals surface area (Å²) in [7, 11) is 5.75. The zero-order valence-corrected chi connectivity index (χ0v) is 27.8. The minimum atomic E-state index is 0. The fourth-order valence-corrected chi connectivity index (χ4v) is 6.61. The summed E-state index contributed by atoms with van der Waals surface area (Å²) < 4.78 is 5.09. The molecule has 35 heavy (non-hydrogen) atoms. The van der Waals surface area contributed by atoms with Crippen molar-refractivity contribution in [1.82, 2.24) is 4.57 Å². The van der Waals surface area contributed by atoms with Crippen LogP contribution in [0.25, 0.3) is 64.9 Å². The summed E-state index contributed by atoms with van der Waals surface area (Å²) in [5.74, 6) is 0. The molecule has 2 aromatic heterocycles. The van der Waals surface area contributed by atoms with Gasteiger partial charge in [-0.1, -0.05) is 91.0 Å². The summed E-state index contributed by atoms with van der Waals surface area (Å²) in [5, 5.41) is 9.07. The molecule has 0 bridgehead atoms. The van der Waals surface area contributed by atoms with Crippen molar-refractivity contribution in [3.63, 3.8) is 0 Å². The maximum Gasteiger partial charge on any atom is 1.00 e. The molecule has 0 atom stereocenters. The Morgan fingerprint density at radius 1 is 0.657 bits per heavy atom. The molecule has 4 heteroatoms. The number of thiophene rings is 1. The van der Waals surface area contributed by atoms with E-state index in [0.29, 0.717) is 0 Å². The molecule has 0 aliphatic heterocycles. The fraction of sp³-hybridized carbons (Fsp3) is 0.0323. The van der Waals surface area contributed by atoms with Crippen LogP contribution in [0.15, 0.2) is 91.0 Å². The molecule has 0 amide bonds. The van der Waals surface area contributed by atoms with Crippen LogP contribution in [0, 0.1) is 0 Å². The molecule has 7 aromatic rings. The Morgan fingerprint density at radius 3 is 2.06 bits per heavy atom. The molecular formula is C31H21CsNPS. The Bertz CT molecular complexity index is 1930. The van der Waals surface area contributed by atoms with Gasteiger partial charge >= 0.3 is 68.9 Å². The first-order valence-corrected chi connectivity index (χ1v) is 12.7. The standard InChI is InChI=1S/C31H21NPS.Cs/c1-32-28-18-20(7-6-19-8-11-21(33)12-9-19)10-13-22(28)24-14-17-27-25(30(24)32)15-16-26-23-4-2-3-5-29(23)34-31(26)27;/h2-18,33H,1H3;/q-1;+1/b7-6+;. The van der Waals surface area contributed by atoms with Crippen molar-refractivity contribution < 1.29 is 68.9 Å². The van der Waals surface area contributed by atoms with Crippen molar-refractivity contribution in [3.8, 4) is 0 Å². The average Bonchev–Trinajstić information content (AvgIpc) is 3.39. The SMILES string of the molecule is Cn1c2cc(/C=C/c3ccc([PH-])cc3)ccc2c2ccc3c(ccc4c5ccccc5sc43)c21.[Cs+]. The monoisotopic (exact) mass is 603 g/mol. The molecule has 0 N–H and O–H groups in total. The molecule has 0 spiro atoms. The molecule has 0 unspecified atom stereocenters. The van der Waals surface area contributed by atoms with Gasteiger partial charge in [0.15, 0.2) is 0 Å². The first-order chi connectivity index (χ1) is 16.7. The maximum absolute atomic E-state index is 3.56. The molecule has 0 radical (unpaired) electrons. The Hall–Kier alpha value is -1.40. The van der Waals surface area contributed by atoms with Gasteiger partial charge < -0.3 is 13.8 Å². The van der Waals surface area contributed by atoms with Gasteiger partial charge in [-0.15, -0.1) is 11.3 Å². The van der Waals surface area contributed by atoms with Crippen molar-refractivity contribution in [1.29, 1.82) is 0 Å². The summed E-state index contributed by atoms with van der Waals surface area (Å²) in [6.07, 6.45) is 4.36. The van der Waals surface area contributed by atoms with Crippen molar-refractivity contribution in [3.05, 3.63) is 102 Å². The molecule has 1 nitrogen and oxygen atoms in total. The predicted octanol–water partition coefficient (Wildman–Crippen LogP) is 5.80. The van der Waals surface area contributed by atoms with Crippen LogP contribution < -0.4 is 74.2 Å². The average molecular weight is 603 g/mol. The number of aromatic nitrogens is 1. The zero-order chi connectivity index (χ0) is 22.8. The van der Waals surface area contributed by atoms with Crippen molar-refractivity contribution in [2.75, 3.05) is 0 Å². The number of benzene rings is 5. The normalized spacial score (nSPS) is 11.9. The molecule has 5 aromatic carbocycles. The van der Waals surface area contributed by atoms with Gasteiger partial charge in [0.05, 0.1) is 5.52 Å². The van der Waals surface area contributed by atoms with Gasteiger partial charge in [-0.25, -0.2) is 5.30 Å². The van der Waals surface area contributed by atoms with E-state index in [2.05, 4.69) is 124 Å². The van der Waals surface area contributed by atoms with Gasteiger partial charge in [0.2, 0.25) is 0 Å². The van der Waals surface area contributed by atoms with Gasteiger partial charge in [0, 0.05) is 54.3 Å². The summed E-state index contributed by atoms with van der Waals surface area (Å²) in [6, 6.07) is 33.1. The molecule has 7 rings (SSSR count). The van der Waals surface area contributed by atoms with E-state index in [4.69, 9.17) is 0 Å². The first-order valence-electron chi connectivity index (χ1n) is 11.4. The minimum absolute atomic E-state index is 0. The number of hydrogen-bond donors (Lipinski definition) is 0. The van der Waals surface area contributed by atoms with E-state index in [-0.39, 0.29) is 68.9 Å². The second-order valence-electron chi connectivity index (χ2n) is 8.89. The fourth-order valence-electron chi connectivity index (χ4n) is 5.22. The van der Waals surface area contributed by atoms with Crippen LogP contribution in [0.2, 0.25) is 0 Å². The van der Waals surface area contributed by atoms with Gasteiger partial charge in [-0.3, -0.25) is 0 Å². The number of nitrogens with zero attached hydrogens (tertiary/aromatic N) is 1. The van der Waals surface area contributed by atoms with E-state index in [1.165, 1.54) is 63.9 Å². The zero-order valence-electron chi connectivity index (χ0n) is 19.7. The van der Waals surface area contributed by atoms with E-state index in [9.17, 15) is 0 Å². The summed E-state index contributed by atoms with van der Waals surface area (Å²) in [5.41, 5.74) is 4.96. The largest absolute Gasteiger partial charge is 1.00 e. The third-order valence-corrected chi connectivity index (χ3v) is 8.45. The van der Waals surface area contributed by atoms with Crippen LogP contribution in [-0.4, -0.2) is 4.57 Å². The molecule has 0 fully saturated rings. The van der Waals surface area contributed by atoms with Crippen molar-refractivity contribution >= 4 is 90.8 Å². The topological polar surface area (TPSA) is 4.93 Å². The molecule has 0 aliphatic carbocycles. The molecule has 162 valence electrons. The van der Waals surface area contributed by atoms with E-state index >= 15 is 0 Å². The van der Waals surface area contributed by atoms with Crippen LogP contribution in [0.3, 0.4) is 0 Å². The Balaban J connectivity index is 0.00000229. The van der Waals surface area contributed by atoms with Crippen molar-refractivity contribution in [2.45, 2.75) is 0 Å². The van der Waals surface area contributed by atoms with Crippen LogP contribution >= 0.6 is 20.6 Å². The number of fused-ring (bicyclic) bond motifs is 9. The maximum atomic E-state index is 3.56. The second-order valence-corrected chi connectivity index (χ2v) is 10.5. The number of hydrogen-bond acceptors (Lipinski definition) is 1. The van der Waals surface area contributed by atoms with Crippen LogP contribution in [0.1, 0.15) is 11.1 Å². The van der Waals surface area contributed by atoms with Crippen molar-refractivity contribution in [2.24, 2.45) is 7.05 Å². The Labute approximate surface area is 269 Å². The van der Waals surface area contributed by atoms with E-state index in [0.717, 1.165) is 5.30 Å². The summed E-state index contributed by atoms with van der Waals surface area (Å²) >= 11 is 1.90. The van der Waals surface area contributed by atoms with Crippen LogP contribution in [0.4, 0.5) is 0 Å². The Morgan fingerprint density at radius 2 is 1.26 bits per heavy atom. The van der Waals surface area contributed by atoms with Gasteiger partial charge in [-0.2, -0.15) is 0 Å². The van der Waals surface area contributed by atoms with Gasteiger partial charge in [-0.05, 0) is 23.3 Å².